The molecule has 2 aromatic carbocycles. The molecule has 1 saturated heterocycles. The summed E-state index contributed by atoms with van der Waals surface area (Å²) in [7, 11) is -3.85. The average molecular weight is 443 g/mol. The quantitative estimate of drug-likeness (QED) is 0.745. The Labute approximate surface area is 174 Å². The van der Waals surface area contributed by atoms with Gasteiger partial charge < -0.3 is 10.1 Å². The number of rotatable bonds is 6. The van der Waals surface area contributed by atoms with Crippen LogP contribution in [0.15, 0.2) is 47.4 Å². The second-order valence-corrected chi connectivity index (χ2v) is 8.99. The molecule has 0 unspecified atom stereocenters. The molecule has 0 atom stereocenters. The van der Waals surface area contributed by atoms with Crippen LogP contribution in [0, 0.1) is 0 Å². The Kier molecular flexibility index (Phi) is 6.95. The Balaban J connectivity index is 1.77. The van der Waals surface area contributed by atoms with E-state index < -0.39 is 15.9 Å². The number of benzene rings is 2. The Bertz CT molecular complexity index is 946. The van der Waals surface area contributed by atoms with Crippen LogP contribution in [0.25, 0.3) is 0 Å². The fourth-order valence-corrected chi connectivity index (χ4v) is 5.13. The third-order valence-electron chi connectivity index (χ3n) is 4.40. The van der Waals surface area contributed by atoms with E-state index in [-0.39, 0.29) is 33.6 Å². The SMILES string of the molecule is O=C(NCCc1ccccc1)c1cc(S(=O)(=O)N2CCOCC2)c(Cl)cc1Cl. The van der Waals surface area contributed by atoms with Gasteiger partial charge in [0.2, 0.25) is 10.0 Å². The topological polar surface area (TPSA) is 75.7 Å². The van der Waals surface area contributed by atoms with E-state index in [1.54, 1.807) is 0 Å². The number of sulfonamides is 1. The summed E-state index contributed by atoms with van der Waals surface area (Å²) < 4.78 is 32.3. The van der Waals surface area contributed by atoms with Crippen LogP contribution in [0.1, 0.15) is 15.9 Å². The number of carbonyl (C=O) groups excluding carboxylic acids is 1. The van der Waals surface area contributed by atoms with Crippen LogP contribution in [-0.4, -0.2) is 51.5 Å². The molecule has 6 nitrogen and oxygen atoms in total. The standard InChI is InChI=1S/C19H20Cl2N2O4S/c20-16-13-17(21)18(28(25,26)23-8-10-27-11-9-23)12-15(16)19(24)22-7-6-14-4-2-1-3-5-14/h1-5,12-13H,6-11H2,(H,22,24). The molecule has 1 N–H and O–H groups in total. The molecule has 0 radical (unpaired) electrons. The first-order valence-electron chi connectivity index (χ1n) is 8.78. The molecule has 0 aliphatic carbocycles. The molecule has 0 saturated carbocycles. The highest BCUT2D eigenvalue weighted by Crippen LogP contribution is 2.31. The van der Waals surface area contributed by atoms with Gasteiger partial charge in [-0.1, -0.05) is 53.5 Å². The van der Waals surface area contributed by atoms with Crippen molar-refractivity contribution >= 4 is 39.1 Å². The largest absolute Gasteiger partial charge is 0.379 e. The predicted molar refractivity (Wildman–Crippen MR) is 109 cm³/mol. The number of carbonyl (C=O) groups is 1. The maximum Gasteiger partial charge on any atom is 0.252 e. The number of nitrogens with zero attached hydrogens (tertiary/aromatic N) is 1. The van der Waals surface area contributed by atoms with E-state index >= 15 is 0 Å². The van der Waals surface area contributed by atoms with E-state index in [9.17, 15) is 13.2 Å². The lowest BCUT2D eigenvalue weighted by atomic mass is 10.1. The summed E-state index contributed by atoms with van der Waals surface area (Å²) in [5.74, 6) is -0.448. The van der Waals surface area contributed by atoms with Crippen molar-refractivity contribution in [3.8, 4) is 0 Å². The molecule has 1 aliphatic rings. The number of nitrogens with one attached hydrogen (secondary N) is 1. The lowest BCUT2D eigenvalue weighted by Gasteiger charge is -2.26. The second kappa shape index (κ2) is 9.24. The van der Waals surface area contributed by atoms with Crippen LogP contribution in [0.4, 0.5) is 0 Å². The van der Waals surface area contributed by atoms with Crippen molar-refractivity contribution in [1.82, 2.24) is 9.62 Å². The number of morpholine rings is 1. The minimum Gasteiger partial charge on any atom is -0.379 e. The first kappa shape index (κ1) is 21.1. The van der Waals surface area contributed by atoms with E-state index in [2.05, 4.69) is 5.32 Å². The second-order valence-electron chi connectivity index (χ2n) is 6.27. The zero-order valence-electron chi connectivity index (χ0n) is 15.0. The van der Waals surface area contributed by atoms with Gasteiger partial charge in [0, 0.05) is 19.6 Å². The lowest BCUT2D eigenvalue weighted by Crippen LogP contribution is -2.40. The molecule has 0 bridgehead atoms. The van der Waals surface area contributed by atoms with Gasteiger partial charge in [0.05, 0.1) is 28.8 Å². The van der Waals surface area contributed by atoms with Gasteiger partial charge in [-0.15, -0.1) is 0 Å². The van der Waals surface area contributed by atoms with E-state index in [0.717, 1.165) is 5.56 Å². The fraction of sp³-hybridized carbons (Fsp3) is 0.316. The molecule has 1 fully saturated rings. The van der Waals surface area contributed by atoms with Crippen molar-refractivity contribution in [2.75, 3.05) is 32.8 Å². The van der Waals surface area contributed by atoms with Crippen LogP contribution in [0.3, 0.4) is 0 Å². The van der Waals surface area contributed by atoms with E-state index in [4.69, 9.17) is 27.9 Å². The van der Waals surface area contributed by atoms with Gasteiger partial charge >= 0.3 is 0 Å². The highest BCUT2D eigenvalue weighted by atomic mass is 35.5. The minimum atomic E-state index is -3.85. The van der Waals surface area contributed by atoms with E-state index in [0.29, 0.717) is 26.2 Å². The number of hydrogen-bond donors (Lipinski definition) is 1. The third kappa shape index (κ3) is 4.85. The summed E-state index contributed by atoms with van der Waals surface area (Å²) in [6.07, 6.45) is 0.650. The zero-order chi connectivity index (χ0) is 20.1. The maximum absolute atomic E-state index is 12.9. The van der Waals surface area contributed by atoms with Crippen LogP contribution in [0.2, 0.25) is 10.0 Å². The number of hydrogen-bond acceptors (Lipinski definition) is 4. The normalized spacial score (nSPS) is 15.4. The number of amides is 1. The van der Waals surface area contributed by atoms with Crippen molar-refractivity contribution < 1.29 is 17.9 Å². The van der Waals surface area contributed by atoms with Gasteiger partial charge in [0.1, 0.15) is 4.90 Å². The van der Waals surface area contributed by atoms with Crippen LogP contribution < -0.4 is 5.32 Å². The Morgan fingerprint density at radius 2 is 1.75 bits per heavy atom. The van der Waals surface area contributed by atoms with Gasteiger partial charge in [-0.2, -0.15) is 4.31 Å². The molecular weight excluding hydrogens is 423 g/mol. The molecule has 1 amide bonds. The first-order chi connectivity index (χ1) is 13.4. The monoisotopic (exact) mass is 442 g/mol. The molecule has 0 aromatic heterocycles. The molecule has 150 valence electrons. The number of halogens is 2. The van der Waals surface area contributed by atoms with Crippen LogP contribution in [0.5, 0.6) is 0 Å². The van der Waals surface area contributed by atoms with Gasteiger partial charge in [0.25, 0.3) is 5.91 Å². The van der Waals surface area contributed by atoms with Crippen molar-refractivity contribution in [3.63, 3.8) is 0 Å². The summed E-state index contributed by atoms with van der Waals surface area (Å²) in [5.41, 5.74) is 1.16. The maximum atomic E-state index is 12.9. The molecule has 3 rings (SSSR count). The predicted octanol–water partition coefficient (Wildman–Crippen LogP) is 2.99. The number of ether oxygens (including phenoxy) is 1. The smallest absolute Gasteiger partial charge is 0.252 e. The Morgan fingerprint density at radius 3 is 2.43 bits per heavy atom. The fourth-order valence-electron chi connectivity index (χ4n) is 2.89. The van der Waals surface area contributed by atoms with Crippen LogP contribution >= 0.6 is 23.2 Å². The molecular formula is C19H20Cl2N2O4S. The van der Waals surface area contributed by atoms with Crippen molar-refractivity contribution in [2.45, 2.75) is 11.3 Å². The first-order valence-corrected chi connectivity index (χ1v) is 11.0. The summed E-state index contributed by atoms with van der Waals surface area (Å²) in [6.45, 7) is 1.50. The molecule has 1 aliphatic heterocycles. The summed E-state index contributed by atoms with van der Waals surface area (Å²) in [4.78, 5) is 12.4. The van der Waals surface area contributed by atoms with Gasteiger partial charge in [-0.3, -0.25) is 4.79 Å². The van der Waals surface area contributed by atoms with Crippen molar-refractivity contribution in [2.24, 2.45) is 0 Å². The molecule has 0 spiro atoms. The summed E-state index contributed by atoms with van der Waals surface area (Å²) >= 11 is 12.3. The summed E-state index contributed by atoms with van der Waals surface area (Å²) in [6, 6.07) is 12.2. The molecule has 9 heteroatoms. The Morgan fingerprint density at radius 1 is 1.07 bits per heavy atom. The van der Waals surface area contributed by atoms with Gasteiger partial charge in [0.15, 0.2) is 0 Å². The van der Waals surface area contributed by atoms with Crippen LogP contribution in [-0.2, 0) is 21.2 Å². The van der Waals surface area contributed by atoms with Crippen molar-refractivity contribution in [1.29, 1.82) is 0 Å². The third-order valence-corrected chi connectivity index (χ3v) is 7.07. The van der Waals surface area contributed by atoms with E-state index in [1.165, 1.54) is 16.4 Å². The van der Waals surface area contributed by atoms with Crippen molar-refractivity contribution in [3.05, 3.63) is 63.6 Å². The van der Waals surface area contributed by atoms with Gasteiger partial charge in [-0.25, -0.2) is 8.42 Å². The Hall–Kier alpha value is -1.64. The highest BCUT2D eigenvalue weighted by molar-refractivity contribution is 7.89. The lowest BCUT2D eigenvalue weighted by molar-refractivity contribution is 0.0730. The van der Waals surface area contributed by atoms with Gasteiger partial charge in [-0.05, 0) is 24.1 Å². The molecule has 2 aromatic rings. The summed E-state index contributed by atoms with van der Waals surface area (Å²) in [5, 5.41) is 2.85. The minimum absolute atomic E-state index is 0.0164. The zero-order valence-corrected chi connectivity index (χ0v) is 17.4. The van der Waals surface area contributed by atoms with E-state index in [1.807, 2.05) is 30.3 Å². The molecule has 1 heterocycles. The average Bonchev–Trinajstić information content (AvgIpc) is 2.69. The molecule has 28 heavy (non-hydrogen) atoms. The highest BCUT2D eigenvalue weighted by Gasteiger charge is 2.30.